The van der Waals surface area contributed by atoms with Crippen LogP contribution < -0.4 is 27.0 Å². The summed E-state index contributed by atoms with van der Waals surface area (Å²) >= 11 is 0. The van der Waals surface area contributed by atoms with Gasteiger partial charge in [-0.15, -0.1) is 0 Å². The molecular formula is C17H33N5O5Pt2. The summed E-state index contributed by atoms with van der Waals surface area (Å²) in [6.45, 7) is 0. The minimum atomic E-state index is -2.29. The monoisotopic (exact) mass is 777 g/mol. The molecular weight excluding hydrogens is 744 g/mol. The summed E-state index contributed by atoms with van der Waals surface area (Å²) in [5.74, 6) is -4.34. The van der Waals surface area contributed by atoms with Crippen molar-refractivity contribution in [1.29, 1.82) is 0 Å². The first-order valence-electron chi connectivity index (χ1n) is 9.03. The maximum atomic E-state index is 10.2. The first kappa shape index (κ1) is 36.0. The molecule has 0 aromatic heterocycles. The Balaban J connectivity index is -0.000000156. The third-order valence-corrected chi connectivity index (χ3v) is 4.78. The number of amides is 1. The molecule has 29 heavy (non-hydrogen) atoms. The van der Waals surface area contributed by atoms with Gasteiger partial charge in [0, 0.05) is 12.1 Å². The summed E-state index contributed by atoms with van der Waals surface area (Å²) in [6, 6.07) is 1.07. The number of carboxylic acids is 2. The number of aliphatic carboxylic acids is 2. The van der Waals surface area contributed by atoms with Crippen LogP contribution in [-0.4, -0.2) is 35.5 Å². The maximum absolute atomic E-state index is 10.2. The molecule has 3 rings (SSSR count). The van der Waals surface area contributed by atoms with Crippen LogP contribution in [0.1, 0.15) is 70.6 Å². The number of carboxylic acid groups (broad SMARTS) is 2. The predicted molar refractivity (Wildman–Crippen MR) is 98.2 cm³/mol. The summed E-state index contributed by atoms with van der Waals surface area (Å²) in [5, 5.41) is 22.0. The van der Waals surface area contributed by atoms with Gasteiger partial charge in [0.2, 0.25) is 5.91 Å². The van der Waals surface area contributed by atoms with E-state index >= 15 is 0 Å². The first-order valence-corrected chi connectivity index (χ1v) is 9.03. The van der Waals surface area contributed by atoms with Crippen molar-refractivity contribution in [3.8, 4) is 0 Å². The van der Waals surface area contributed by atoms with E-state index in [4.69, 9.17) is 11.5 Å². The Morgan fingerprint density at radius 1 is 0.793 bits per heavy atom. The maximum Gasteiger partial charge on any atom is 2.00 e. The number of nitrogens with two attached hydrogens (primary N) is 4. The van der Waals surface area contributed by atoms with E-state index in [-0.39, 0.29) is 54.4 Å². The molecule has 2 saturated carbocycles. The second-order valence-electron chi connectivity index (χ2n) is 7.00. The van der Waals surface area contributed by atoms with Crippen LogP contribution in [0, 0.1) is 0 Å². The first-order chi connectivity index (χ1) is 11.8. The second-order valence-corrected chi connectivity index (χ2v) is 7.00. The van der Waals surface area contributed by atoms with Gasteiger partial charge in [0.05, 0.1) is 18.4 Å². The van der Waals surface area contributed by atoms with Crippen molar-refractivity contribution >= 4 is 17.8 Å². The van der Waals surface area contributed by atoms with E-state index in [9.17, 15) is 24.6 Å². The number of nitrogens with one attached hydrogen (secondary N) is 1. The summed E-state index contributed by atoms with van der Waals surface area (Å²) in [7, 11) is 0. The topological polar surface area (TPSA) is 228 Å². The molecule has 1 aliphatic heterocycles. The molecule has 3 aliphatic rings. The molecule has 1 heterocycles. The average Bonchev–Trinajstić information content (AvgIpc) is 2.54. The fourth-order valence-corrected chi connectivity index (χ4v) is 3.06. The average molecular weight is 778 g/mol. The van der Waals surface area contributed by atoms with Crippen molar-refractivity contribution < 1.29 is 66.7 Å². The van der Waals surface area contributed by atoms with Crippen molar-refractivity contribution in [3.63, 3.8) is 0 Å². The molecule has 0 spiro atoms. The van der Waals surface area contributed by atoms with Crippen molar-refractivity contribution in [2.75, 3.05) is 0 Å². The number of hydrogen-bond acceptors (Lipinski definition) is 7. The molecule has 0 unspecified atom stereocenters. The molecule has 0 aromatic carbocycles. The van der Waals surface area contributed by atoms with E-state index in [2.05, 4.69) is 0 Å². The molecule has 2 aliphatic carbocycles. The normalized spacial score (nSPS) is 19.7. The Morgan fingerprint density at radius 2 is 1.07 bits per heavy atom. The van der Waals surface area contributed by atoms with E-state index in [1.807, 2.05) is 0 Å². The molecule has 12 heteroatoms. The third-order valence-electron chi connectivity index (χ3n) is 4.78. The number of rotatable bonds is 2. The van der Waals surface area contributed by atoms with Gasteiger partial charge in [0.25, 0.3) is 0 Å². The van der Waals surface area contributed by atoms with Gasteiger partial charge in [-0.2, -0.15) is 0 Å². The van der Waals surface area contributed by atoms with Gasteiger partial charge in [-0.3, -0.25) is 4.79 Å². The van der Waals surface area contributed by atoms with Crippen molar-refractivity contribution in [1.82, 2.24) is 5.32 Å². The summed E-state index contributed by atoms with van der Waals surface area (Å²) in [4.78, 5) is 30.5. The number of β-lactam (4-membered cyclic amide) rings is 1. The molecule has 1 saturated heterocycles. The van der Waals surface area contributed by atoms with Gasteiger partial charge in [0.1, 0.15) is 5.54 Å². The Bertz CT molecular complexity index is 433. The van der Waals surface area contributed by atoms with Crippen LogP contribution >= 0.6 is 0 Å². The molecule has 0 radical (unpaired) electrons. The molecule has 0 aromatic rings. The number of carbonyl (C=O) groups is 3. The Morgan fingerprint density at radius 3 is 1.17 bits per heavy atom. The summed E-state index contributed by atoms with van der Waals surface area (Å²) in [5.41, 5.74) is 8.97. The van der Waals surface area contributed by atoms with Crippen LogP contribution in [0.2, 0.25) is 0 Å². The van der Waals surface area contributed by atoms with E-state index in [0.29, 0.717) is 12.1 Å². The summed E-state index contributed by atoms with van der Waals surface area (Å²) < 4.78 is 0. The zero-order valence-electron chi connectivity index (χ0n) is 16.4. The Labute approximate surface area is 201 Å². The fourth-order valence-electron chi connectivity index (χ4n) is 3.06. The van der Waals surface area contributed by atoms with E-state index in [1.54, 1.807) is 5.32 Å². The Kier molecular flexibility index (Phi) is 22.9. The molecule has 0 atom stereocenters. The van der Waals surface area contributed by atoms with Crippen molar-refractivity contribution in [2.45, 2.75) is 88.3 Å². The molecule has 176 valence electrons. The van der Waals surface area contributed by atoms with Gasteiger partial charge in [-0.25, -0.2) is 0 Å². The number of hydrogen-bond donors (Lipinski definition) is 3. The molecule has 10 nitrogen and oxygen atoms in total. The van der Waals surface area contributed by atoms with Gasteiger partial charge in [0.15, 0.2) is 0 Å². The SMILES string of the molecule is NC1CCCCC1.NC1CCCCC1.O=C1CC(C(=O)[O-])(C(=O)[O-])N1.[NH2-].[NH2-].[Pt+2].[Pt+2]. The van der Waals surface area contributed by atoms with Crippen molar-refractivity contribution in [3.05, 3.63) is 12.3 Å². The third kappa shape index (κ3) is 12.8. The Hall–Kier alpha value is -0.373. The predicted octanol–water partition coefficient (Wildman–Crippen LogP) is -0.270. The quantitative estimate of drug-likeness (QED) is 0.251. The summed E-state index contributed by atoms with van der Waals surface area (Å²) in [6.07, 6.45) is 12.7. The standard InChI is InChI=1S/2C6H13N.C5H5NO5.2H2N.2Pt/c2*7-6-4-2-1-3-5-6;7-2-1-5(6-2,3(8)9)4(10)11;;;;/h2*6H,1-5,7H2;1H2,(H,6,7)(H,8,9)(H,10,11);2*1H2;;/q;;;2*-1;2*+2/p-2. The molecule has 1 amide bonds. The molecule has 0 bridgehead atoms. The molecule has 9 N–H and O–H groups in total. The van der Waals surface area contributed by atoms with Gasteiger partial charge < -0.3 is 48.9 Å². The van der Waals surface area contributed by atoms with Crippen LogP contribution in [0.15, 0.2) is 0 Å². The van der Waals surface area contributed by atoms with Gasteiger partial charge in [-0.1, -0.05) is 38.5 Å². The van der Waals surface area contributed by atoms with Crippen LogP contribution in [0.3, 0.4) is 0 Å². The van der Waals surface area contributed by atoms with Gasteiger partial charge >= 0.3 is 42.1 Å². The largest absolute Gasteiger partial charge is 2.00 e. The minimum Gasteiger partial charge on any atom is -0.693 e. The zero-order valence-corrected chi connectivity index (χ0v) is 21.0. The second kappa shape index (κ2) is 18.4. The number of carbonyl (C=O) groups excluding carboxylic acids is 3. The van der Waals surface area contributed by atoms with E-state index in [1.165, 1.54) is 64.2 Å². The van der Waals surface area contributed by atoms with Crippen LogP contribution in [0.25, 0.3) is 12.3 Å². The van der Waals surface area contributed by atoms with Crippen LogP contribution in [0.4, 0.5) is 0 Å². The molecule has 3 fully saturated rings. The fraction of sp³-hybridized carbons (Fsp3) is 0.824. The van der Waals surface area contributed by atoms with E-state index in [0.717, 1.165) is 0 Å². The van der Waals surface area contributed by atoms with Crippen molar-refractivity contribution in [2.24, 2.45) is 11.5 Å². The van der Waals surface area contributed by atoms with Crippen LogP contribution in [-0.2, 0) is 56.5 Å². The van der Waals surface area contributed by atoms with Gasteiger partial charge in [-0.05, 0) is 25.7 Å². The van der Waals surface area contributed by atoms with E-state index < -0.39 is 29.8 Å². The zero-order chi connectivity index (χ0) is 18.9. The smallest absolute Gasteiger partial charge is 0.693 e. The minimum absolute atomic E-state index is 0. The van der Waals surface area contributed by atoms with Crippen LogP contribution in [0.5, 0.6) is 0 Å².